The van der Waals surface area contributed by atoms with Gasteiger partial charge in [0.2, 0.25) is 11.8 Å². The molecule has 0 unspecified atom stereocenters. The third-order valence-corrected chi connectivity index (χ3v) is 3.94. The lowest BCUT2D eigenvalue weighted by atomic mass is 10.2. The molecular weight excluding hydrogens is 371 g/mol. The lowest BCUT2D eigenvalue weighted by Crippen LogP contribution is -2.43. The van der Waals surface area contributed by atoms with Gasteiger partial charge in [0.1, 0.15) is 5.76 Å². The lowest BCUT2D eigenvalue weighted by molar-refractivity contribution is -0.133. The van der Waals surface area contributed by atoms with Crippen molar-refractivity contribution in [2.45, 2.75) is 31.7 Å². The number of hydrogen-bond donors (Lipinski definition) is 1. The SMILES string of the molecule is NC(=O)CN(C(=O)/C=C/c1ccc(I)o1)C1CCCC1. The van der Waals surface area contributed by atoms with Gasteiger partial charge in [0, 0.05) is 12.1 Å². The summed E-state index contributed by atoms with van der Waals surface area (Å²) in [7, 11) is 0. The predicted octanol–water partition coefficient (Wildman–Crippen LogP) is 2.15. The van der Waals surface area contributed by atoms with E-state index in [1.54, 1.807) is 17.0 Å². The van der Waals surface area contributed by atoms with Crippen molar-refractivity contribution in [3.8, 4) is 0 Å². The number of furan rings is 1. The van der Waals surface area contributed by atoms with E-state index in [0.717, 1.165) is 29.5 Å². The monoisotopic (exact) mass is 388 g/mol. The Morgan fingerprint density at radius 3 is 2.65 bits per heavy atom. The summed E-state index contributed by atoms with van der Waals surface area (Å²) >= 11 is 2.06. The van der Waals surface area contributed by atoms with Crippen LogP contribution >= 0.6 is 22.6 Å². The maximum absolute atomic E-state index is 12.2. The van der Waals surface area contributed by atoms with E-state index >= 15 is 0 Å². The normalized spacial score (nSPS) is 15.8. The lowest BCUT2D eigenvalue weighted by Gasteiger charge is -2.26. The first-order valence-corrected chi connectivity index (χ1v) is 7.66. The Morgan fingerprint density at radius 1 is 1.40 bits per heavy atom. The van der Waals surface area contributed by atoms with Crippen LogP contribution in [0, 0.1) is 3.77 Å². The highest BCUT2D eigenvalue weighted by Gasteiger charge is 2.26. The van der Waals surface area contributed by atoms with Crippen molar-refractivity contribution in [2.75, 3.05) is 6.54 Å². The second kappa shape index (κ2) is 6.92. The minimum Gasteiger partial charge on any atom is -0.451 e. The topological polar surface area (TPSA) is 76.5 Å². The van der Waals surface area contributed by atoms with Crippen molar-refractivity contribution in [2.24, 2.45) is 5.73 Å². The maximum atomic E-state index is 12.2. The molecule has 1 aromatic rings. The van der Waals surface area contributed by atoms with Gasteiger partial charge in [-0.1, -0.05) is 12.8 Å². The molecule has 0 radical (unpaired) electrons. The van der Waals surface area contributed by atoms with E-state index in [1.807, 2.05) is 6.07 Å². The van der Waals surface area contributed by atoms with Crippen molar-refractivity contribution < 1.29 is 14.0 Å². The highest BCUT2D eigenvalue weighted by Crippen LogP contribution is 2.23. The first kappa shape index (κ1) is 15.1. The number of halogens is 1. The summed E-state index contributed by atoms with van der Waals surface area (Å²) in [5.41, 5.74) is 5.23. The van der Waals surface area contributed by atoms with E-state index < -0.39 is 5.91 Å². The number of carbonyl (C=O) groups is 2. The average molecular weight is 388 g/mol. The second-order valence-corrected chi connectivity index (χ2v) is 5.91. The summed E-state index contributed by atoms with van der Waals surface area (Å²) in [6, 6.07) is 3.74. The number of nitrogens with zero attached hydrogens (tertiary/aromatic N) is 1. The first-order chi connectivity index (χ1) is 9.56. The maximum Gasteiger partial charge on any atom is 0.247 e. The van der Waals surface area contributed by atoms with Crippen molar-refractivity contribution in [1.82, 2.24) is 4.90 Å². The van der Waals surface area contributed by atoms with Crippen LogP contribution in [0.15, 0.2) is 22.6 Å². The molecule has 0 bridgehead atoms. The van der Waals surface area contributed by atoms with Crippen LogP contribution in [0.4, 0.5) is 0 Å². The zero-order valence-corrected chi connectivity index (χ0v) is 13.2. The molecule has 0 spiro atoms. The third kappa shape index (κ3) is 4.09. The van der Waals surface area contributed by atoms with Crippen LogP contribution in [0.3, 0.4) is 0 Å². The minimum atomic E-state index is -0.480. The van der Waals surface area contributed by atoms with Crippen molar-refractivity contribution in [3.05, 3.63) is 27.7 Å². The fraction of sp³-hybridized carbons (Fsp3) is 0.429. The van der Waals surface area contributed by atoms with Gasteiger partial charge in [0.25, 0.3) is 0 Å². The third-order valence-electron chi connectivity index (χ3n) is 3.36. The van der Waals surface area contributed by atoms with E-state index in [0.29, 0.717) is 5.76 Å². The van der Waals surface area contributed by atoms with E-state index in [9.17, 15) is 9.59 Å². The molecule has 1 saturated carbocycles. The molecule has 0 aliphatic heterocycles. The Labute approximate surface area is 131 Å². The van der Waals surface area contributed by atoms with Gasteiger partial charge in [-0.15, -0.1) is 0 Å². The summed E-state index contributed by atoms with van der Waals surface area (Å²) in [6.45, 7) is -0.0243. The number of amides is 2. The molecule has 2 amide bonds. The van der Waals surface area contributed by atoms with Crippen LogP contribution in [0.25, 0.3) is 6.08 Å². The number of carbonyl (C=O) groups excluding carboxylic acids is 2. The fourth-order valence-corrected chi connectivity index (χ4v) is 2.87. The number of hydrogen-bond acceptors (Lipinski definition) is 3. The fourth-order valence-electron chi connectivity index (χ4n) is 2.44. The Bertz CT molecular complexity index is 518. The van der Waals surface area contributed by atoms with Crippen molar-refractivity contribution in [3.63, 3.8) is 0 Å². The molecule has 1 fully saturated rings. The Kier molecular flexibility index (Phi) is 5.22. The number of nitrogens with two attached hydrogens (primary N) is 1. The molecule has 1 aliphatic rings. The molecule has 1 aliphatic carbocycles. The van der Waals surface area contributed by atoms with Gasteiger partial charge >= 0.3 is 0 Å². The van der Waals surface area contributed by atoms with Crippen LogP contribution in [0.1, 0.15) is 31.4 Å². The molecule has 108 valence electrons. The summed E-state index contributed by atoms with van der Waals surface area (Å²) in [5.74, 6) is -0.0542. The average Bonchev–Trinajstić information content (AvgIpc) is 3.04. The van der Waals surface area contributed by atoms with Gasteiger partial charge in [0.15, 0.2) is 3.77 Å². The number of rotatable bonds is 5. The van der Waals surface area contributed by atoms with Crippen LogP contribution in [-0.2, 0) is 9.59 Å². The summed E-state index contributed by atoms with van der Waals surface area (Å²) < 4.78 is 6.12. The highest BCUT2D eigenvalue weighted by molar-refractivity contribution is 14.1. The van der Waals surface area contributed by atoms with Gasteiger partial charge < -0.3 is 15.1 Å². The molecule has 1 heterocycles. The van der Waals surface area contributed by atoms with E-state index in [4.69, 9.17) is 10.2 Å². The molecule has 1 aromatic heterocycles. The highest BCUT2D eigenvalue weighted by atomic mass is 127. The van der Waals surface area contributed by atoms with Gasteiger partial charge in [-0.3, -0.25) is 9.59 Å². The van der Waals surface area contributed by atoms with Crippen molar-refractivity contribution in [1.29, 1.82) is 0 Å². The Balaban J connectivity index is 2.05. The predicted molar refractivity (Wildman–Crippen MR) is 83.6 cm³/mol. The van der Waals surface area contributed by atoms with Crippen LogP contribution in [-0.4, -0.2) is 29.3 Å². The first-order valence-electron chi connectivity index (χ1n) is 6.58. The number of primary amides is 1. The van der Waals surface area contributed by atoms with Crippen molar-refractivity contribution >= 4 is 40.5 Å². The van der Waals surface area contributed by atoms with Gasteiger partial charge in [-0.2, -0.15) is 0 Å². The Morgan fingerprint density at radius 2 is 2.10 bits per heavy atom. The molecule has 5 nitrogen and oxygen atoms in total. The second-order valence-electron chi connectivity index (χ2n) is 4.85. The molecule has 2 N–H and O–H groups in total. The molecular formula is C14H17IN2O3. The molecule has 0 atom stereocenters. The summed E-state index contributed by atoms with van der Waals surface area (Å²) in [6.07, 6.45) is 7.11. The standard InChI is InChI=1S/C14H17IN2O3/c15-12-7-5-11(20-12)6-8-14(19)17(9-13(16)18)10-3-1-2-4-10/h5-8,10H,1-4,9H2,(H2,16,18)/b8-6+. The largest absolute Gasteiger partial charge is 0.451 e. The Hall–Kier alpha value is -1.31. The van der Waals surface area contributed by atoms with Gasteiger partial charge in [0.05, 0.1) is 6.54 Å². The van der Waals surface area contributed by atoms with Gasteiger partial charge in [-0.25, -0.2) is 0 Å². The summed E-state index contributed by atoms with van der Waals surface area (Å²) in [5, 5.41) is 0. The van der Waals surface area contributed by atoms with Crippen LogP contribution < -0.4 is 5.73 Å². The zero-order valence-electron chi connectivity index (χ0n) is 11.0. The molecule has 0 aromatic carbocycles. The van der Waals surface area contributed by atoms with Crippen LogP contribution in [0.2, 0.25) is 0 Å². The minimum absolute atomic E-state index is 0.0243. The van der Waals surface area contributed by atoms with E-state index in [-0.39, 0.29) is 18.5 Å². The zero-order chi connectivity index (χ0) is 14.5. The van der Waals surface area contributed by atoms with E-state index in [2.05, 4.69) is 22.6 Å². The van der Waals surface area contributed by atoms with E-state index in [1.165, 1.54) is 6.08 Å². The molecule has 20 heavy (non-hydrogen) atoms. The van der Waals surface area contributed by atoms with Gasteiger partial charge in [-0.05, 0) is 53.6 Å². The molecule has 6 heteroatoms. The molecule has 2 rings (SSSR count). The quantitative estimate of drug-likeness (QED) is 0.621. The summed E-state index contributed by atoms with van der Waals surface area (Å²) in [4.78, 5) is 24.9. The van der Waals surface area contributed by atoms with Crippen LogP contribution in [0.5, 0.6) is 0 Å². The smallest absolute Gasteiger partial charge is 0.247 e. The molecule has 0 saturated heterocycles.